The lowest BCUT2D eigenvalue weighted by atomic mass is 9.74. The zero-order chi connectivity index (χ0) is 46.6. The van der Waals surface area contributed by atoms with Crippen LogP contribution in [0.5, 0.6) is 23.0 Å². The molecule has 0 fully saturated rings. The second kappa shape index (κ2) is 20.8. The van der Waals surface area contributed by atoms with Crippen molar-refractivity contribution in [2.75, 3.05) is 41.5 Å². The van der Waals surface area contributed by atoms with Crippen LogP contribution < -0.4 is 29.6 Å². The van der Waals surface area contributed by atoms with Crippen LogP contribution in [-0.4, -0.2) is 72.4 Å². The maximum atomic E-state index is 14.1. The third-order valence-corrected chi connectivity index (χ3v) is 11.8. The Morgan fingerprint density at radius 3 is 1.07 bits per heavy atom. The first kappa shape index (κ1) is 45.4. The van der Waals surface area contributed by atoms with E-state index >= 15 is 0 Å². The van der Waals surface area contributed by atoms with Crippen molar-refractivity contribution in [1.82, 2.24) is 29.7 Å². The molecule has 0 radical (unpaired) electrons. The average Bonchev–Trinajstić information content (AvgIpc) is 4.13. The molecule has 0 spiro atoms. The quantitative estimate of drug-likeness (QED) is 0.0724. The van der Waals surface area contributed by atoms with Gasteiger partial charge in [-0.3, -0.25) is 9.59 Å². The molecule has 67 heavy (non-hydrogen) atoms. The number of aromatic nitrogens is 4. The molecule has 8 aromatic rings. The van der Waals surface area contributed by atoms with Crippen LogP contribution in [0.15, 0.2) is 183 Å². The van der Waals surface area contributed by atoms with E-state index in [-0.39, 0.29) is 11.8 Å². The summed E-state index contributed by atoms with van der Waals surface area (Å²) in [6, 6.07) is 45.9. The second-order valence-electron chi connectivity index (χ2n) is 15.7. The normalized spacial score (nSPS) is 11.4. The molecule has 13 nitrogen and oxygen atoms in total. The summed E-state index contributed by atoms with van der Waals surface area (Å²) in [7, 11) is 6.49. The van der Waals surface area contributed by atoms with Crippen molar-refractivity contribution in [2.24, 2.45) is 0 Å². The van der Waals surface area contributed by atoms with Gasteiger partial charge in [-0.1, -0.05) is 72.8 Å². The Labute approximate surface area is 389 Å². The fourth-order valence-electron chi connectivity index (χ4n) is 8.28. The van der Waals surface area contributed by atoms with Crippen molar-refractivity contribution < 1.29 is 33.3 Å². The number of hydrogen-bond donors (Lipinski definition) is 2. The number of nitrogens with zero attached hydrogens (tertiary/aromatic N) is 4. The maximum Gasteiger partial charge on any atom is 0.251 e. The Morgan fingerprint density at radius 1 is 0.463 bits per heavy atom. The molecule has 0 saturated carbocycles. The minimum atomic E-state index is -1.52. The molecule has 2 aromatic heterocycles. The van der Waals surface area contributed by atoms with Gasteiger partial charge in [0.15, 0.2) is 0 Å². The van der Waals surface area contributed by atoms with Gasteiger partial charge in [0, 0.05) is 62.1 Å². The van der Waals surface area contributed by atoms with Gasteiger partial charge in [0.1, 0.15) is 34.2 Å². The number of benzene rings is 6. The number of carbonyl (C=O) groups is 2. The Morgan fingerprint density at radius 2 is 0.791 bits per heavy atom. The van der Waals surface area contributed by atoms with E-state index in [1.54, 1.807) is 65.6 Å². The van der Waals surface area contributed by atoms with Crippen LogP contribution >= 0.6 is 0 Å². The first-order chi connectivity index (χ1) is 32.8. The number of imidazole rings is 2. The molecule has 0 aliphatic heterocycles. The number of hydrogen-bond acceptors (Lipinski definition) is 9. The summed E-state index contributed by atoms with van der Waals surface area (Å²) in [4.78, 5) is 36.5. The molecule has 2 N–H and O–H groups in total. The zero-order valence-electron chi connectivity index (χ0n) is 37.8. The Bertz CT molecular complexity index is 2560. The van der Waals surface area contributed by atoms with Gasteiger partial charge >= 0.3 is 0 Å². The molecular weight excluding hydrogens is 845 g/mol. The molecule has 0 atom stereocenters. The standard InChI is InChI=1S/C54H52N6O7/c1-63-47-19-11-41(12-20-47)53(42-13-21-48(64-2)22-14-42,45-9-5-7-39(35-45)51(61)57-29-33-59-31-27-55-37-59)67-54(43-15-23-49(65-3)24-16-43,44-17-25-50(66-4)26-18-44)46-10-6-8-40(36-46)52(62)58-30-34-60-32-28-56-38-60/h5-28,31-32,35-38H,29-30,33-34H2,1-4H3,(H,57,61)(H,58,62). The van der Waals surface area contributed by atoms with Crippen LogP contribution in [0.2, 0.25) is 0 Å². The summed E-state index contributed by atoms with van der Waals surface area (Å²) in [5, 5.41) is 6.17. The van der Waals surface area contributed by atoms with Gasteiger partial charge < -0.3 is 43.5 Å². The number of amides is 2. The van der Waals surface area contributed by atoms with Crippen LogP contribution in [0.3, 0.4) is 0 Å². The van der Waals surface area contributed by atoms with Crippen molar-refractivity contribution in [2.45, 2.75) is 24.3 Å². The van der Waals surface area contributed by atoms with Gasteiger partial charge in [-0.15, -0.1) is 0 Å². The number of methoxy groups -OCH3 is 4. The highest BCUT2D eigenvalue weighted by atomic mass is 16.5. The lowest BCUT2D eigenvalue weighted by Gasteiger charge is -2.46. The van der Waals surface area contributed by atoms with Gasteiger partial charge in [0.25, 0.3) is 11.8 Å². The summed E-state index contributed by atoms with van der Waals surface area (Å²) < 4.78 is 34.9. The van der Waals surface area contributed by atoms with E-state index in [1.165, 1.54) is 0 Å². The lowest BCUT2D eigenvalue weighted by Crippen LogP contribution is -2.45. The molecule has 0 aliphatic carbocycles. The van der Waals surface area contributed by atoms with Crippen molar-refractivity contribution in [3.8, 4) is 23.0 Å². The molecule has 6 aromatic carbocycles. The van der Waals surface area contributed by atoms with Crippen molar-refractivity contribution in [3.05, 3.63) is 228 Å². The third-order valence-electron chi connectivity index (χ3n) is 11.8. The maximum absolute atomic E-state index is 14.1. The molecule has 13 heteroatoms. The Balaban J connectivity index is 1.39. The highest BCUT2D eigenvalue weighted by Crippen LogP contribution is 2.52. The molecule has 0 aliphatic rings. The van der Waals surface area contributed by atoms with Crippen molar-refractivity contribution >= 4 is 11.8 Å². The molecule has 2 amide bonds. The fraction of sp³-hybridized carbons (Fsp3) is 0.185. The molecular formula is C54H52N6O7. The molecule has 8 rings (SSSR count). The van der Waals surface area contributed by atoms with E-state index in [0.29, 0.717) is 71.4 Å². The number of ether oxygens (including phenoxy) is 5. The SMILES string of the molecule is COc1ccc(C(OC(c2ccc(OC)cc2)(c2ccc(OC)cc2)c2cccc(C(=O)NCCn3ccnc3)c2)(c2ccc(OC)cc2)c2cccc(C(=O)NCCn3ccnc3)c2)cc1. The first-order valence-electron chi connectivity index (χ1n) is 21.8. The summed E-state index contributed by atoms with van der Waals surface area (Å²) >= 11 is 0. The molecule has 0 unspecified atom stereocenters. The van der Waals surface area contributed by atoms with Gasteiger partial charge in [-0.25, -0.2) is 9.97 Å². The number of rotatable bonds is 20. The van der Waals surface area contributed by atoms with Gasteiger partial charge in [-0.05, 0) is 106 Å². The summed E-state index contributed by atoms with van der Waals surface area (Å²) in [5.41, 5.74) is 1.97. The van der Waals surface area contributed by atoms with Gasteiger partial charge in [0.2, 0.25) is 0 Å². The minimum absolute atomic E-state index is 0.261. The van der Waals surface area contributed by atoms with Gasteiger partial charge in [0.05, 0.1) is 41.1 Å². The lowest BCUT2D eigenvalue weighted by molar-refractivity contribution is -0.0811. The summed E-state index contributed by atoms with van der Waals surface area (Å²) in [5.74, 6) is 2.04. The highest BCUT2D eigenvalue weighted by molar-refractivity contribution is 5.95. The van der Waals surface area contributed by atoms with E-state index in [9.17, 15) is 9.59 Å². The minimum Gasteiger partial charge on any atom is -0.497 e. The predicted octanol–water partition coefficient (Wildman–Crippen LogP) is 8.27. The van der Waals surface area contributed by atoms with Gasteiger partial charge in [-0.2, -0.15) is 0 Å². The monoisotopic (exact) mass is 896 g/mol. The van der Waals surface area contributed by atoms with Crippen LogP contribution in [0, 0.1) is 0 Å². The van der Waals surface area contributed by atoms with Crippen LogP contribution in [0.4, 0.5) is 0 Å². The topological polar surface area (TPSA) is 140 Å². The molecule has 2 heterocycles. The van der Waals surface area contributed by atoms with Crippen molar-refractivity contribution in [1.29, 1.82) is 0 Å². The largest absolute Gasteiger partial charge is 0.497 e. The van der Waals surface area contributed by atoms with Crippen LogP contribution in [-0.2, 0) is 29.0 Å². The molecule has 340 valence electrons. The first-order valence-corrected chi connectivity index (χ1v) is 21.8. The fourth-order valence-corrected chi connectivity index (χ4v) is 8.28. The average molecular weight is 897 g/mol. The molecule has 0 saturated heterocycles. The van der Waals surface area contributed by atoms with Crippen molar-refractivity contribution in [3.63, 3.8) is 0 Å². The number of nitrogens with one attached hydrogen (secondary N) is 2. The van der Waals surface area contributed by atoms with E-state index in [2.05, 4.69) is 20.6 Å². The highest BCUT2D eigenvalue weighted by Gasteiger charge is 2.49. The van der Waals surface area contributed by atoms with Crippen LogP contribution in [0.1, 0.15) is 54.1 Å². The summed E-state index contributed by atoms with van der Waals surface area (Å²) in [6.07, 6.45) is 10.5. The van der Waals surface area contributed by atoms with E-state index in [4.69, 9.17) is 23.7 Å². The second-order valence-corrected chi connectivity index (χ2v) is 15.7. The van der Waals surface area contributed by atoms with E-state index in [0.717, 1.165) is 22.3 Å². The number of carbonyl (C=O) groups excluding carboxylic acids is 2. The third kappa shape index (κ3) is 9.77. The van der Waals surface area contributed by atoms with E-state index < -0.39 is 11.2 Å². The Kier molecular flexibility index (Phi) is 14.1. The Hall–Kier alpha value is -8.16. The zero-order valence-corrected chi connectivity index (χ0v) is 37.8. The predicted molar refractivity (Wildman–Crippen MR) is 255 cm³/mol. The van der Waals surface area contributed by atoms with Crippen LogP contribution in [0.25, 0.3) is 0 Å². The smallest absolute Gasteiger partial charge is 0.251 e. The molecule has 0 bridgehead atoms. The summed E-state index contributed by atoms with van der Waals surface area (Å²) in [6.45, 7) is 1.85. The van der Waals surface area contributed by atoms with E-state index in [1.807, 2.05) is 155 Å².